The third-order valence-corrected chi connectivity index (χ3v) is 3.31. The molecule has 0 saturated carbocycles. The molecule has 2 aromatic carbocycles. The van der Waals surface area contributed by atoms with Crippen LogP contribution in [0.5, 0.6) is 17.2 Å². The van der Waals surface area contributed by atoms with Gasteiger partial charge in [-0.15, -0.1) is 0 Å². The molecule has 5 heteroatoms. The Balaban J connectivity index is 2.01. The fourth-order valence-electron chi connectivity index (χ4n) is 2.14. The Bertz CT molecular complexity index is 734. The highest BCUT2D eigenvalue weighted by molar-refractivity contribution is 5.73. The van der Waals surface area contributed by atoms with E-state index < -0.39 is 0 Å². The van der Waals surface area contributed by atoms with Crippen molar-refractivity contribution in [3.63, 3.8) is 0 Å². The molecule has 2 aromatic rings. The number of rotatable bonds is 6. The van der Waals surface area contributed by atoms with Crippen molar-refractivity contribution in [3.8, 4) is 23.3 Å². The maximum atomic E-state index is 12.0. The lowest BCUT2D eigenvalue weighted by atomic mass is 10.1. The molecule has 0 unspecified atom stereocenters. The number of methoxy groups -OCH3 is 2. The summed E-state index contributed by atoms with van der Waals surface area (Å²) in [5.74, 6) is 1.03. The van der Waals surface area contributed by atoms with Gasteiger partial charge < -0.3 is 14.2 Å². The van der Waals surface area contributed by atoms with Gasteiger partial charge in [-0.2, -0.15) is 5.26 Å². The molecule has 23 heavy (non-hydrogen) atoms. The van der Waals surface area contributed by atoms with E-state index in [9.17, 15) is 4.79 Å². The first-order valence-corrected chi connectivity index (χ1v) is 7.08. The van der Waals surface area contributed by atoms with Crippen LogP contribution in [0, 0.1) is 11.3 Å². The first kappa shape index (κ1) is 16.4. The van der Waals surface area contributed by atoms with E-state index in [0.29, 0.717) is 23.5 Å². The fourth-order valence-corrected chi connectivity index (χ4v) is 2.14. The first-order chi connectivity index (χ1) is 11.2. The minimum Gasteiger partial charge on any atom is -0.496 e. The van der Waals surface area contributed by atoms with Gasteiger partial charge in [-0.1, -0.05) is 18.2 Å². The van der Waals surface area contributed by atoms with E-state index in [-0.39, 0.29) is 12.4 Å². The lowest BCUT2D eigenvalue weighted by Gasteiger charge is -2.10. The highest BCUT2D eigenvalue weighted by atomic mass is 16.6. The molecule has 0 bridgehead atoms. The first-order valence-electron chi connectivity index (χ1n) is 7.08. The van der Waals surface area contributed by atoms with E-state index in [1.54, 1.807) is 19.2 Å². The van der Waals surface area contributed by atoms with E-state index in [2.05, 4.69) is 0 Å². The predicted octanol–water partition coefficient (Wildman–Crippen LogP) is 3.11. The van der Waals surface area contributed by atoms with Crippen LogP contribution < -0.4 is 14.2 Å². The average molecular weight is 311 g/mol. The number of ether oxygens (including phenoxy) is 3. The van der Waals surface area contributed by atoms with Crippen LogP contribution >= 0.6 is 0 Å². The second-order valence-corrected chi connectivity index (χ2v) is 4.76. The topological polar surface area (TPSA) is 68.5 Å². The van der Waals surface area contributed by atoms with Crippen molar-refractivity contribution in [2.45, 2.75) is 12.8 Å². The number of benzene rings is 2. The Kier molecular flexibility index (Phi) is 5.59. The molecule has 0 aliphatic carbocycles. The number of nitrogens with zero attached hydrogens (tertiary/aromatic N) is 1. The van der Waals surface area contributed by atoms with Crippen molar-refractivity contribution in [2.75, 3.05) is 14.2 Å². The third kappa shape index (κ3) is 4.24. The minimum atomic E-state index is -0.376. The van der Waals surface area contributed by atoms with Gasteiger partial charge in [0.25, 0.3) is 0 Å². The highest BCUT2D eigenvalue weighted by Crippen LogP contribution is 2.28. The molecule has 0 amide bonds. The maximum Gasteiger partial charge on any atom is 0.311 e. The average Bonchev–Trinajstić information content (AvgIpc) is 2.60. The molecule has 0 saturated heterocycles. The summed E-state index contributed by atoms with van der Waals surface area (Å²) in [6.07, 6.45) is 0.727. The van der Waals surface area contributed by atoms with Crippen LogP contribution in [0.4, 0.5) is 0 Å². The van der Waals surface area contributed by atoms with Crippen LogP contribution in [-0.4, -0.2) is 20.2 Å². The van der Waals surface area contributed by atoms with E-state index in [0.717, 1.165) is 11.3 Å². The molecule has 0 fully saturated rings. The Morgan fingerprint density at radius 2 is 1.78 bits per heavy atom. The Hall–Kier alpha value is -3.00. The summed E-state index contributed by atoms with van der Waals surface area (Å²) in [7, 11) is 3.06. The van der Waals surface area contributed by atoms with Gasteiger partial charge in [-0.05, 0) is 30.2 Å². The second kappa shape index (κ2) is 7.85. The molecule has 0 spiro atoms. The SMILES string of the molecule is COc1ccccc1CCC(=O)Oc1ccc(C#N)cc1OC. The Morgan fingerprint density at radius 1 is 1.04 bits per heavy atom. The molecule has 2 rings (SSSR count). The van der Waals surface area contributed by atoms with E-state index >= 15 is 0 Å². The summed E-state index contributed by atoms with van der Waals surface area (Å²) < 4.78 is 15.7. The summed E-state index contributed by atoms with van der Waals surface area (Å²) in [5, 5.41) is 8.86. The number of hydrogen-bond donors (Lipinski definition) is 0. The van der Waals surface area contributed by atoms with Crippen molar-refractivity contribution >= 4 is 5.97 Å². The lowest BCUT2D eigenvalue weighted by molar-refractivity contribution is -0.134. The Labute approximate surface area is 135 Å². The summed E-state index contributed by atoms with van der Waals surface area (Å²) >= 11 is 0. The van der Waals surface area contributed by atoms with Crippen LogP contribution in [0.15, 0.2) is 42.5 Å². The smallest absolute Gasteiger partial charge is 0.311 e. The van der Waals surface area contributed by atoms with Crippen LogP contribution in [0.2, 0.25) is 0 Å². The monoisotopic (exact) mass is 311 g/mol. The summed E-state index contributed by atoms with van der Waals surface area (Å²) in [6.45, 7) is 0. The van der Waals surface area contributed by atoms with Gasteiger partial charge in [0.15, 0.2) is 11.5 Å². The molecule has 0 N–H and O–H groups in total. The minimum absolute atomic E-state index is 0.212. The maximum absolute atomic E-state index is 12.0. The van der Waals surface area contributed by atoms with Crippen LogP contribution in [0.25, 0.3) is 0 Å². The van der Waals surface area contributed by atoms with E-state index in [1.165, 1.54) is 13.2 Å². The Morgan fingerprint density at radius 3 is 2.48 bits per heavy atom. The molecule has 0 aliphatic heterocycles. The molecular weight excluding hydrogens is 294 g/mol. The van der Waals surface area contributed by atoms with Gasteiger partial charge in [0.05, 0.1) is 32.3 Å². The quantitative estimate of drug-likeness (QED) is 0.605. The zero-order valence-corrected chi connectivity index (χ0v) is 13.0. The molecule has 0 heterocycles. The van der Waals surface area contributed by atoms with Gasteiger partial charge in [-0.3, -0.25) is 4.79 Å². The lowest BCUT2D eigenvalue weighted by Crippen LogP contribution is -2.10. The van der Waals surface area contributed by atoms with Gasteiger partial charge >= 0.3 is 5.97 Å². The van der Waals surface area contributed by atoms with E-state index in [1.807, 2.05) is 30.3 Å². The fraction of sp³-hybridized carbons (Fsp3) is 0.222. The number of nitriles is 1. The van der Waals surface area contributed by atoms with Crippen molar-refractivity contribution in [1.29, 1.82) is 5.26 Å². The molecule has 0 aliphatic rings. The van der Waals surface area contributed by atoms with Crippen molar-refractivity contribution in [2.24, 2.45) is 0 Å². The largest absolute Gasteiger partial charge is 0.496 e. The molecule has 118 valence electrons. The van der Waals surface area contributed by atoms with Crippen molar-refractivity contribution < 1.29 is 19.0 Å². The van der Waals surface area contributed by atoms with Crippen LogP contribution in [0.1, 0.15) is 17.5 Å². The van der Waals surface area contributed by atoms with Crippen molar-refractivity contribution in [3.05, 3.63) is 53.6 Å². The number of carbonyl (C=O) groups is 1. The van der Waals surface area contributed by atoms with Gasteiger partial charge in [0.1, 0.15) is 5.75 Å². The zero-order chi connectivity index (χ0) is 16.7. The number of para-hydroxylation sites is 1. The highest BCUT2D eigenvalue weighted by Gasteiger charge is 2.12. The van der Waals surface area contributed by atoms with Crippen LogP contribution in [-0.2, 0) is 11.2 Å². The number of esters is 1. The molecule has 0 radical (unpaired) electrons. The van der Waals surface area contributed by atoms with Gasteiger partial charge in [0.2, 0.25) is 0 Å². The number of aryl methyl sites for hydroxylation is 1. The molecule has 0 atom stereocenters. The van der Waals surface area contributed by atoms with Crippen LogP contribution in [0.3, 0.4) is 0 Å². The summed E-state index contributed by atoms with van der Waals surface area (Å²) in [6, 6.07) is 14.2. The predicted molar refractivity (Wildman–Crippen MR) is 84.7 cm³/mol. The normalized spacial score (nSPS) is 9.78. The standard InChI is InChI=1S/C18H17NO4/c1-21-15-6-4-3-5-14(15)8-10-18(20)23-16-9-7-13(12-19)11-17(16)22-2/h3-7,9,11H,8,10H2,1-2H3. The summed E-state index contributed by atoms with van der Waals surface area (Å²) in [5.41, 5.74) is 1.38. The zero-order valence-electron chi connectivity index (χ0n) is 13.0. The molecule has 5 nitrogen and oxygen atoms in total. The number of hydrogen-bond acceptors (Lipinski definition) is 5. The van der Waals surface area contributed by atoms with Crippen molar-refractivity contribution in [1.82, 2.24) is 0 Å². The second-order valence-electron chi connectivity index (χ2n) is 4.76. The number of carbonyl (C=O) groups excluding carboxylic acids is 1. The molecule has 0 aromatic heterocycles. The summed E-state index contributed by atoms with van der Waals surface area (Å²) in [4.78, 5) is 12.0. The van der Waals surface area contributed by atoms with Gasteiger partial charge in [-0.25, -0.2) is 0 Å². The third-order valence-electron chi connectivity index (χ3n) is 3.31. The molecular formula is C18H17NO4. The van der Waals surface area contributed by atoms with E-state index in [4.69, 9.17) is 19.5 Å². The van der Waals surface area contributed by atoms with Gasteiger partial charge in [0, 0.05) is 6.07 Å².